The van der Waals surface area contributed by atoms with Crippen LogP contribution in [0.15, 0.2) is 98.5 Å². The number of allylic oxidation sites excluding steroid dienone is 1. The van der Waals surface area contributed by atoms with Gasteiger partial charge in [-0.25, -0.2) is 8.93 Å². The predicted octanol–water partition coefficient (Wildman–Crippen LogP) is 5.66. The minimum absolute atomic E-state index is 0.0268. The van der Waals surface area contributed by atoms with Gasteiger partial charge in [0.15, 0.2) is 9.92 Å². The molecule has 1 aliphatic rings. The quantitative estimate of drug-likeness (QED) is 0.495. The van der Waals surface area contributed by atoms with Crippen molar-refractivity contribution in [3.63, 3.8) is 0 Å². The van der Waals surface area contributed by atoms with Crippen molar-refractivity contribution in [1.82, 2.24) is 4.72 Å². The average molecular weight is 481 g/mol. The van der Waals surface area contributed by atoms with Crippen LogP contribution in [0.4, 0.5) is 0 Å². The van der Waals surface area contributed by atoms with Crippen molar-refractivity contribution in [1.29, 1.82) is 0 Å². The maximum absolute atomic E-state index is 14.2. The number of hydrogen-bond donors (Lipinski definition) is 1. The van der Waals surface area contributed by atoms with Crippen LogP contribution < -0.4 is 4.72 Å². The Kier molecular flexibility index (Phi) is 6.83. The number of hydrogen-bond acceptors (Lipinski definition) is 3. The summed E-state index contributed by atoms with van der Waals surface area (Å²) in [7, 11) is -7.61. The highest BCUT2D eigenvalue weighted by atomic mass is 32.3. The molecule has 33 heavy (non-hydrogen) atoms. The molecule has 0 heterocycles. The third kappa shape index (κ3) is 5.61. The fraction of sp³-hybridized carbons (Fsp3) is 0.231. The molecule has 5 nitrogen and oxygen atoms in total. The Bertz CT molecular complexity index is 1370. The Labute approximate surface area is 196 Å². The van der Waals surface area contributed by atoms with Gasteiger partial charge < -0.3 is 0 Å². The topological polar surface area (TPSA) is 75.6 Å². The fourth-order valence-corrected chi connectivity index (χ4v) is 7.54. The van der Waals surface area contributed by atoms with Crippen molar-refractivity contribution >= 4 is 25.5 Å². The highest BCUT2D eigenvalue weighted by Gasteiger charge is 2.25. The van der Waals surface area contributed by atoms with E-state index in [1.807, 2.05) is 44.2 Å². The highest BCUT2D eigenvalue weighted by Crippen LogP contribution is 2.28. The first-order chi connectivity index (χ1) is 15.7. The summed E-state index contributed by atoms with van der Waals surface area (Å²) in [5, 5.41) is 0. The second-order valence-electron chi connectivity index (χ2n) is 8.38. The molecule has 0 radical (unpaired) electrons. The third-order valence-corrected chi connectivity index (χ3v) is 9.71. The molecule has 172 valence electrons. The molecule has 0 bridgehead atoms. The van der Waals surface area contributed by atoms with Crippen LogP contribution in [0.3, 0.4) is 0 Å². The van der Waals surface area contributed by atoms with Crippen LogP contribution in [0.2, 0.25) is 0 Å². The highest BCUT2D eigenvalue weighted by molar-refractivity contribution is 8.02. The van der Waals surface area contributed by atoms with Gasteiger partial charge in [0.25, 0.3) is 10.0 Å². The van der Waals surface area contributed by atoms with Crippen LogP contribution in [0.1, 0.15) is 36.0 Å². The van der Waals surface area contributed by atoms with Crippen LogP contribution in [0.5, 0.6) is 0 Å². The SMILES string of the molecule is Cc1ccc(S(=O)(=O)N=S(=O)(N[C@H]2C=C(c3ccccc3)CCC2)c2ccc(C)cc2)cc1. The van der Waals surface area contributed by atoms with Gasteiger partial charge in [-0.1, -0.05) is 75.6 Å². The lowest BCUT2D eigenvalue weighted by Gasteiger charge is -2.24. The zero-order chi connectivity index (χ0) is 23.5. The van der Waals surface area contributed by atoms with Crippen molar-refractivity contribution in [3.05, 3.63) is 102 Å². The maximum atomic E-state index is 14.2. The fourth-order valence-electron chi connectivity index (χ4n) is 3.86. The summed E-state index contributed by atoms with van der Waals surface area (Å²) in [6.07, 6.45) is 4.64. The lowest BCUT2D eigenvalue weighted by Crippen LogP contribution is -2.35. The molecule has 0 saturated carbocycles. The maximum Gasteiger partial charge on any atom is 0.291 e. The molecule has 1 unspecified atom stereocenters. The van der Waals surface area contributed by atoms with Crippen molar-refractivity contribution < 1.29 is 12.6 Å². The summed E-state index contributed by atoms with van der Waals surface area (Å²) in [5.41, 5.74) is 4.21. The van der Waals surface area contributed by atoms with Gasteiger partial charge in [-0.05, 0) is 68.5 Å². The van der Waals surface area contributed by atoms with Crippen molar-refractivity contribution in [2.75, 3.05) is 0 Å². The zero-order valence-corrected chi connectivity index (χ0v) is 20.4. The first kappa shape index (κ1) is 23.4. The molecular formula is C26H28N2O3S2. The minimum atomic E-state index is -4.14. The van der Waals surface area contributed by atoms with E-state index in [0.29, 0.717) is 4.90 Å². The van der Waals surface area contributed by atoms with Gasteiger partial charge in [-0.15, -0.1) is 0 Å². The summed E-state index contributed by atoms with van der Waals surface area (Å²) in [5.74, 6) is 0. The van der Waals surface area contributed by atoms with Crippen molar-refractivity contribution in [3.8, 4) is 0 Å². The number of nitrogens with one attached hydrogen (secondary N) is 1. The Morgan fingerprint density at radius 2 is 1.36 bits per heavy atom. The number of aryl methyl sites for hydroxylation is 2. The summed E-state index contributed by atoms with van der Waals surface area (Å²) in [4.78, 5) is 0.378. The van der Waals surface area contributed by atoms with Gasteiger partial charge in [-0.2, -0.15) is 8.42 Å². The molecule has 0 aliphatic heterocycles. The standard InChI is InChI=1S/C26H28N2O3S2/c1-20-11-15-25(16-12-20)32(29,28-33(30,31)26-17-13-21(2)14-18-26)27-24-10-6-9-23(19-24)22-7-4-3-5-8-22/h3-5,7-8,11-19,24H,6,9-10H2,1-2H3,(H,27,28,29)/t24-,32?/m1/s1. The van der Waals surface area contributed by atoms with E-state index in [1.54, 1.807) is 24.3 Å². The van der Waals surface area contributed by atoms with Gasteiger partial charge in [0, 0.05) is 6.04 Å². The number of benzene rings is 3. The lowest BCUT2D eigenvalue weighted by molar-refractivity contribution is 0.592. The molecule has 2 atom stereocenters. The van der Waals surface area contributed by atoms with Gasteiger partial charge in [-0.3, -0.25) is 0 Å². The molecule has 1 aliphatic carbocycles. The third-order valence-electron chi connectivity index (χ3n) is 5.68. The second kappa shape index (κ2) is 9.63. The molecule has 0 spiro atoms. The van der Waals surface area contributed by atoms with Crippen molar-refractivity contribution in [2.24, 2.45) is 3.77 Å². The summed E-state index contributed by atoms with van der Waals surface area (Å²) in [6.45, 7) is 3.81. The minimum Gasteiger partial charge on any atom is -0.228 e. The Hall–Kier alpha value is -2.74. The number of rotatable bonds is 6. The van der Waals surface area contributed by atoms with E-state index in [2.05, 4.69) is 26.7 Å². The van der Waals surface area contributed by atoms with E-state index in [-0.39, 0.29) is 10.9 Å². The molecule has 7 heteroatoms. The Balaban J connectivity index is 1.77. The first-order valence-electron chi connectivity index (χ1n) is 11.0. The normalized spacial score (nSPS) is 18.2. The van der Waals surface area contributed by atoms with Gasteiger partial charge in [0.2, 0.25) is 0 Å². The zero-order valence-electron chi connectivity index (χ0n) is 18.8. The van der Waals surface area contributed by atoms with Gasteiger partial charge >= 0.3 is 0 Å². The summed E-state index contributed by atoms with van der Waals surface area (Å²) >= 11 is 0. The largest absolute Gasteiger partial charge is 0.291 e. The van der Waals surface area contributed by atoms with Crippen LogP contribution >= 0.6 is 0 Å². The molecule has 0 saturated heterocycles. The van der Waals surface area contributed by atoms with E-state index in [4.69, 9.17) is 0 Å². The van der Waals surface area contributed by atoms with Gasteiger partial charge in [0.05, 0.1) is 9.79 Å². The van der Waals surface area contributed by atoms with E-state index in [1.165, 1.54) is 12.1 Å². The predicted molar refractivity (Wildman–Crippen MR) is 134 cm³/mol. The molecule has 1 N–H and O–H groups in total. The van der Waals surface area contributed by atoms with E-state index < -0.39 is 19.9 Å². The molecule has 4 rings (SSSR count). The average Bonchev–Trinajstić information content (AvgIpc) is 2.80. The van der Waals surface area contributed by atoms with Crippen molar-refractivity contribution in [2.45, 2.75) is 48.9 Å². The molecule has 0 aromatic heterocycles. The van der Waals surface area contributed by atoms with Crippen LogP contribution in [0, 0.1) is 13.8 Å². The molecule has 3 aromatic carbocycles. The van der Waals surface area contributed by atoms with Crippen LogP contribution in [-0.2, 0) is 19.9 Å². The molecular weight excluding hydrogens is 452 g/mol. The van der Waals surface area contributed by atoms with E-state index in [9.17, 15) is 12.6 Å². The smallest absolute Gasteiger partial charge is 0.228 e. The van der Waals surface area contributed by atoms with E-state index >= 15 is 0 Å². The second-order valence-corrected chi connectivity index (χ2v) is 12.2. The Morgan fingerprint density at radius 1 is 0.788 bits per heavy atom. The molecule has 3 aromatic rings. The van der Waals surface area contributed by atoms with Gasteiger partial charge in [0.1, 0.15) is 0 Å². The lowest BCUT2D eigenvalue weighted by atomic mass is 9.91. The number of sulfonamides is 1. The first-order valence-corrected chi connectivity index (χ1v) is 13.9. The monoisotopic (exact) mass is 480 g/mol. The molecule has 0 fully saturated rings. The summed E-state index contributed by atoms with van der Waals surface area (Å²) < 4.78 is 47.5. The Morgan fingerprint density at radius 3 is 1.97 bits per heavy atom. The number of nitrogens with zero attached hydrogens (tertiary/aromatic N) is 1. The molecule has 0 amide bonds. The van der Waals surface area contributed by atoms with Crippen LogP contribution in [-0.4, -0.2) is 18.7 Å². The van der Waals surface area contributed by atoms with E-state index in [0.717, 1.165) is 41.5 Å². The summed E-state index contributed by atoms with van der Waals surface area (Å²) in [6, 6.07) is 23.2. The van der Waals surface area contributed by atoms with Crippen LogP contribution in [0.25, 0.3) is 5.57 Å².